The number of aromatic nitrogens is 2. The first-order chi connectivity index (χ1) is 14.5. The van der Waals surface area contributed by atoms with Crippen LogP contribution in [0, 0.1) is 6.92 Å². The van der Waals surface area contributed by atoms with Gasteiger partial charge in [-0.05, 0) is 36.8 Å². The molecule has 9 heteroatoms. The number of fused-ring (bicyclic) bond motifs is 1. The number of hydrogen-bond acceptors (Lipinski definition) is 8. The average molecular weight is 441 g/mol. The number of methoxy groups -OCH3 is 2. The second-order valence-electron chi connectivity index (χ2n) is 6.55. The van der Waals surface area contributed by atoms with E-state index in [1.807, 2.05) is 42.6 Å². The maximum atomic E-state index is 12.4. The first kappa shape index (κ1) is 20.1. The molecule has 7 nitrogen and oxygen atoms in total. The second kappa shape index (κ2) is 8.68. The first-order valence-corrected chi connectivity index (χ1v) is 10.8. The van der Waals surface area contributed by atoms with E-state index < -0.39 is 0 Å². The van der Waals surface area contributed by atoms with Crippen LogP contribution in [0.2, 0.25) is 0 Å². The summed E-state index contributed by atoms with van der Waals surface area (Å²) in [6.45, 7) is 2.03. The van der Waals surface area contributed by atoms with Gasteiger partial charge in [0.05, 0.1) is 42.2 Å². The minimum Gasteiger partial charge on any atom is -0.497 e. The molecule has 0 fully saturated rings. The largest absolute Gasteiger partial charge is 0.497 e. The van der Waals surface area contributed by atoms with Crippen LogP contribution in [0.1, 0.15) is 11.3 Å². The number of carbonyl (C=O) groups excluding carboxylic acids is 1. The third kappa shape index (κ3) is 4.52. The number of nitrogens with one attached hydrogen (secondary N) is 2. The van der Waals surface area contributed by atoms with Crippen LogP contribution in [0.3, 0.4) is 0 Å². The van der Waals surface area contributed by atoms with E-state index >= 15 is 0 Å². The predicted octanol–water partition coefficient (Wildman–Crippen LogP) is 5.00. The Morgan fingerprint density at radius 3 is 2.73 bits per heavy atom. The number of carbonyl (C=O) groups is 1. The Balaban J connectivity index is 1.42. The second-order valence-corrected chi connectivity index (χ2v) is 8.44. The third-order valence-corrected chi connectivity index (χ3v) is 6.07. The first-order valence-electron chi connectivity index (χ1n) is 9.14. The number of hydrogen-bond donors (Lipinski definition) is 2. The Morgan fingerprint density at radius 1 is 1.07 bits per heavy atom. The molecule has 30 heavy (non-hydrogen) atoms. The lowest BCUT2D eigenvalue weighted by Gasteiger charge is -2.10. The SMILES string of the molecule is COc1ccc(OC)c(Nc2nc(CC(=O)Nc3nc4ccc(C)cc4s3)cs2)c1. The van der Waals surface area contributed by atoms with Crippen LogP contribution in [-0.4, -0.2) is 30.1 Å². The van der Waals surface area contributed by atoms with Crippen molar-refractivity contribution < 1.29 is 14.3 Å². The Bertz CT molecular complexity index is 1200. The van der Waals surface area contributed by atoms with Crippen LogP contribution in [-0.2, 0) is 11.2 Å². The molecule has 2 heterocycles. The van der Waals surface area contributed by atoms with Gasteiger partial charge in [0, 0.05) is 11.4 Å². The zero-order chi connectivity index (χ0) is 21.1. The van der Waals surface area contributed by atoms with E-state index in [1.54, 1.807) is 14.2 Å². The Hall–Kier alpha value is -3.17. The van der Waals surface area contributed by atoms with Crippen LogP contribution in [0.4, 0.5) is 16.0 Å². The highest BCUT2D eigenvalue weighted by Crippen LogP contribution is 2.32. The van der Waals surface area contributed by atoms with Gasteiger partial charge in [0.2, 0.25) is 5.91 Å². The van der Waals surface area contributed by atoms with Crippen molar-refractivity contribution in [2.45, 2.75) is 13.3 Å². The molecular formula is C21H20N4O3S2. The number of ether oxygens (including phenoxy) is 2. The van der Waals surface area contributed by atoms with Gasteiger partial charge in [-0.2, -0.15) is 0 Å². The van der Waals surface area contributed by atoms with Crippen molar-refractivity contribution in [3.63, 3.8) is 0 Å². The van der Waals surface area contributed by atoms with Crippen molar-refractivity contribution in [1.29, 1.82) is 0 Å². The summed E-state index contributed by atoms with van der Waals surface area (Å²) in [6.07, 6.45) is 0.169. The maximum Gasteiger partial charge on any atom is 0.232 e. The van der Waals surface area contributed by atoms with Crippen molar-refractivity contribution in [2.24, 2.45) is 0 Å². The summed E-state index contributed by atoms with van der Waals surface area (Å²) in [5, 5.41) is 9.21. The minimum atomic E-state index is -0.151. The lowest BCUT2D eigenvalue weighted by Crippen LogP contribution is -2.14. The highest BCUT2D eigenvalue weighted by atomic mass is 32.1. The Kier molecular flexibility index (Phi) is 5.82. The van der Waals surface area contributed by atoms with E-state index in [4.69, 9.17) is 9.47 Å². The van der Waals surface area contributed by atoms with E-state index in [1.165, 1.54) is 28.2 Å². The van der Waals surface area contributed by atoms with Gasteiger partial charge in [-0.3, -0.25) is 4.79 Å². The van der Waals surface area contributed by atoms with Gasteiger partial charge in [0.25, 0.3) is 0 Å². The van der Waals surface area contributed by atoms with Crippen molar-refractivity contribution in [3.05, 3.63) is 53.0 Å². The number of anilines is 3. The van der Waals surface area contributed by atoms with Crippen LogP contribution < -0.4 is 20.1 Å². The summed E-state index contributed by atoms with van der Waals surface area (Å²) in [4.78, 5) is 21.4. The van der Waals surface area contributed by atoms with Crippen LogP contribution >= 0.6 is 22.7 Å². The molecule has 0 radical (unpaired) electrons. The summed E-state index contributed by atoms with van der Waals surface area (Å²) in [5.41, 5.74) is 3.47. The molecule has 0 atom stereocenters. The lowest BCUT2D eigenvalue weighted by atomic mass is 10.2. The number of rotatable bonds is 7. The Morgan fingerprint density at radius 2 is 1.93 bits per heavy atom. The zero-order valence-corrected chi connectivity index (χ0v) is 18.3. The molecule has 0 aliphatic rings. The molecule has 0 spiro atoms. The third-order valence-electron chi connectivity index (χ3n) is 4.33. The zero-order valence-electron chi connectivity index (χ0n) is 16.7. The van der Waals surface area contributed by atoms with E-state index in [0.717, 1.165) is 15.9 Å². The normalized spacial score (nSPS) is 10.8. The molecular weight excluding hydrogens is 420 g/mol. The summed E-state index contributed by atoms with van der Waals surface area (Å²) >= 11 is 2.89. The summed E-state index contributed by atoms with van der Waals surface area (Å²) in [7, 11) is 3.21. The maximum absolute atomic E-state index is 12.4. The van der Waals surface area contributed by atoms with Gasteiger partial charge < -0.3 is 20.1 Å². The topological polar surface area (TPSA) is 85.4 Å². The molecule has 0 bridgehead atoms. The van der Waals surface area contributed by atoms with Gasteiger partial charge in [-0.25, -0.2) is 9.97 Å². The summed E-state index contributed by atoms with van der Waals surface area (Å²) in [6, 6.07) is 11.5. The number of benzene rings is 2. The van der Waals surface area contributed by atoms with E-state index in [9.17, 15) is 4.79 Å². The molecule has 0 saturated heterocycles. The quantitative estimate of drug-likeness (QED) is 0.420. The smallest absolute Gasteiger partial charge is 0.232 e. The van der Waals surface area contributed by atoms with Gasteiger partial charge in [0.15, 0.2) is 10.3 Å². The molecule has 0 aliphatic heterocycles. The standard InChI is InChI=1S/C21H20N4O3S2/c1-12-4-6-15-18(8-12)30-21(23-15)25-19(26)9-13-11-29-20(22-13)24-16-10-14(27-2)5-7-17(16)28-3/h4-8,10-11H,9H2,1-3H3,(H,22,24)(H,23,25,26). The molecule has 4 rings (SSSR count). The number of nitrogens with zero attached hydrogens (tertiary/aromatic N) is 2. The molecule has 154 valence electrons. The molecule has 2 N–H and O–H groups in total. The fourth-order valence-corrected chi connectivity index (χ4v) is 4.59. The highest BCUT2D eigenvalue weighted by molar-refractivity contribution is 7.22. The molecule has 0 saturated carbocycles. The van der Waals surface area contributed by atoms with E-state index in [0.29, 0.717) is 27.5 Å². The van der Waals surface area contributed by atoms with Crippen LogP contribution in [0.15, 0.2) is 41.8 Å². The van der Waals surface area contributed by atoms with Crippen molar-refractivity contribution in [3.8, 4) is 11.5 Å². The summed E-state index contributed by atoms with van der Waals surface area (Å²) in [5.74, 6) is 1.23. The molecule has 0 aliphatic carbocycles. The predicted molar refractivity (Wildman–Crippen MR) is 122 cm³/mol. The van der Waals surface area contributed by atoms with E-state index in [-0.39, 0.29) is 12.3 Å². The fourth-order valence-electron chi connectivity index (χ4n) is 2.89. The highest BCUT2D eigenvalue weighted by Gasteiger charge is 2.13. The average Bonchev–Trinajstić information content (AvgIpc) is 3.33. The number of thiazole rings is 2. The van der Waals surface area contributed by atoms with E-state index in [2.05, 4.69) is 26.7 Å². The van der Waals surface area contributed by atoms with Crippen molar-refractivity contribution in [2.75, 3.05) is 24.9 Å². The van der Waals surface area contributed by atoms with Gasteiger partial charge in [-0.1, -0.05) is 17.4 Å². The fraction of sp³-hybridized carbons (Fsp3) is 0.190. The molecule has 4 aromatic rings. The van der Waals surface area contributed by atoms with Crippen molar-refractivity contribution >= 4 is 54.7 Å². The molecule has 0 unspecified atom stereocenters. The monoisotopic (exact) mass is 440 g/mol. The number of aryl methyl sites for hydroxylation is 1. The molecule has 1 amide bonds. The van der Waals surface area contributed by atoms with Crippen molar-refractivity contribution in [1.82, 2.24) is 9.97 Å². The van der Waals surface area contributed by atoms with Crippen LogP contribution in [0.5, 0.6) is 11.5 Å². The van der Waals surface area contributed by atoms with Gasteiger partial charge in [0.1, 0.15) is 11.5 Å². The van der Waals surface area contributed by atoms with Crippen LogP contribution in [0.25, 0.3) is 10.2 Å². The Labute approximate surface area is 181 Å². The molecule has 2 aromatic heterocycles. The number of amides is 1. The van der Waals surface area contributed by atoms with Gasteiger partial charge >= 0.3 is 0 Å². The minimum absolute atomic E-state index is 0.151. The molecule has 2 aromatic carbocycles. The van der Waals surface area contributed by atoms with Gasteiger partial charge in [-0.15, -0.1) is 11.3 Å². The lowest BCUT2D eigenvalue weighted by molar-refractivity contribution is -0.115. The summed E-state index contributed by atoms with van der Waals surface area (Å²) < 4.78 is 11.7.